The second-order valence-corrected chi connectivity index (χ2v) is 6.64. The second kappa shape index (κ2) is 9.58. The molecule has 0 unspecified atom stereocenters. The molecule has 1 aliphatic carbocycles. The molecule has 0 radical (unpaired) electrons. The van der Waals surface area contributed by atoms with Gasteiger partial charge in [0.05, 0.1) is 0 Å². The summed E-state index contributed by atoms with van der Waals surface area (Å²) in [5.41, 5.74) is 1.60. The van der Waals surface area contributed by atoms with Crippen LogP contribution in [-0.2, 0) is 4.79 Å². The van der Waals surface area contributed by atoms with Crippen molar-refractivity contribution >= 4 is 11.9 Å². The molecule has 5 heteroatoms. The molecule has 0 aromatic heterocycles. The Kier molecular flexibility index (Phi) is 7.43. The van der Waals surface area contributed by atoms with Gasteiger partial charge in [0.1, 0.15) is 0 Å². The number of rotatable bonds is 5. The van der Waals surface area contributed by atoms with E-state index in [0.717, 1.165) is 44.9 Å². The maximum Gasteiger partial charge on any atom is 0.220 e. The van der Waals surface area contributed by atoms with Crippen molar-refractivity contribution in [1.29, 1.82) is 0 Å². The standard InChI is InChI=1S/C18H32N4O/c1-19-17(23)14-16-9-12-22(13-10-16)18(20-2)21-11-8-15-6-4-3-5-7-15/h6,16H,3-5,7-14H2,1-2H3,(H,19,23)(H,20,21). The van der Waals surface area contributed by atoms with Crippen molar-refractivity contribution in [3.05, 3.63) is 11.6 Å². The minimum atomic E-state index is 0.159. The van der Waals surface area contributed by atoms with E-state index in [1.165, 1.54) is 25.7 Å². The van der Waals surface area contributed by atoms with Gasteiger partial charge in [-0.2, -0.15) is 0 Å². The highest BCUT2D eigenvalue weighted by molar-refractivity contribution is 5.80. The number of guanidine groups is 1. The smallest absolute Gasteiger partial charge is 0.220 e. The predicted octanol–water partition coefficient (Wildman–Crippen LogP) is 2.30. The minimum absolute atomic E-state index is 0.159. The van der Waals surface area contributed by atoms with Gasteiger partial charge in [0.25, 0.3) is 0 Å². The molecule has 0 spiro atoms. The first kappa shape index (κ1) is 17.8. The van der Waals surface area contributed by atoms with Crippen molar-refractivity contribution in [3.8, 4) is 0 Å². The van der Waals surface area contributed by atoms with Gasteiger partial charge in [-0.15, -0.1) is 0 Å². The van der Waals surface area contributed by atoms with Crippen molar-refractivity contribution in [1.82, 2.24) is 15.5 Å². The Morgan fingerprint density at radius 2 is 2.13 bits per heavy atom. The maximum atomic E-state index is 11.5. The van der Waals surface area contributed by atoms with E-state index in [1.807, 2.05) is 7.05 Å². The molecule has 2 aliphatic rings. The zero-order valence-electron chi connectivity index (χ0n) is 14.7. The number of piperidine rings is 1. The third-order valence-corrected chi connectivity index (χ3v) is 4.99. The Labute approximate surface area is 140 Å². The molecule has 1 heterocycles. The Hall–Kier alpha value is -1.52. The van der Waals surface area contributed by atoms with Gasteiger partial charge in [0.15, 0.2) is 5.96 Å². The van der Waals surface area contributed by atoms with Gasteiger partial charge in [-0.3, -0.25) is 9.79 Å². The molecule has 130 valence electrons. The van der Waals surface area contributed by atoms with E-state index in [-0.39, 0.29) is 5.91 Å². The lowest BCUT2D eigenvalue weighted by Crippen LogP contribution is -2.46. The van der Waals surface area contributed by atoms with Gasteiger partial charge < -0.3 is 15.5 Å². The van der Waals surface area contributed by atoms with Crippen LogP contribution in [0.25, 0.3) is 0 Å². The van der Waals surface area contributed by atoms with Crippen LogP contribution in [-0.4, -0.2) is 50.5 Å². The normalized spacial score (nSPS) is 20.2. The molecule has 23 heavy (non-hydrogen) atoms. The number of hydrogen-bond acceptors (Lipinski definition) is 2. The van der Waals surface area contributed by atoms with E-state index in [1.54, 1.807) is 12.6 Å². The van der Waals surface area contributed by atoms with E-state index in [0.29, 0.717) is 12.3 Å². The number of hydrogen-bond donors (Lipinski definition) is 2. The van der Waals surface area contributed by atoms with Gasteiger partial charge in [0, 0.05) is 40.2 Å². The third-order valence-electron chi connectivity index (χ3n) is 4.99. The first-order valence-electron chi connectivity index (χ1n) is 9.07. The zero-order valence-corrected chi connectivity index (χ0v) is 14.7. The van der Waals surface area contributed by atoms with Gasteiger partial charge in [-0.1, -0.05) is 11.6 Å². The topological polar surface area (TPSA) is 56.7 Å². The van der Waals surface area contributed by atoms with Crippen LogP contribution in [0.5, 0.6) is 0 Å². The van der Waals surface area contributed by atoms with Gasteiger partial charge >= 0.3 is 0 Å². The Bertz CT molecular complexity index is 436. The molecule has 1 amide bonds. The molecular weight excluding hydrogens is 288 g/mol. The second-order valence-electron chi connectivity index (χ2n) is 6.64. The van der Waals surface area contributed by atoms with E-state index >= 15 is 0 Å². The van der Waals surface area contributed by atoms with Crippen LogP contribution in [0, 0.1) is 5.92 Å². The van der Waals surface area contributed by atoms with Crippen molar-refractivity contribution in [2.24, 2.45) is 10.9 Å². The molecule has 0 saturated carbocycles. The quantitative estimate of drug-likeness (QED) is 0.464. The summed E-state index contributed by atoms with van der Waals surface area (Å²) < 4.78 is 0. The van der Waals surface area contributed by atoms with Crippen LogP contribution in [0.4, 0.5) is 0 Å². The van der Waals surface area contributed by atoms with Gasteiger partial charge in [0.2, 0.25) is 5.91 Å². The zero-order chi connectivity index (χ0) is 16.5. The summed E-state index contributed by atoms with van der Waals surface area (Å²) in [4.78, 5) is 18.2. The summed E-state index contributed by atoms with van der Waals surface area (Å²) >= 11 is 0. The first-order valence-corrected chi connectivity index (χ1v) is 9.07. The van der Waals surface area contributed by atoms with Crippen LogP contribution in [0.3, 0.4) is 0 Å². The summed E-state index contributed by atoms with van der Waals surface area (Å²) in [6.07, 6.45) is 11.6. The highest BCUT2D eigenvalue weighted by Gasteiger charge is 2.22. The number of aliphatic imine (C=N–C) groups is 1. The number of amides is 1. The fourth-order valence-corrected chi connectivity index (χ4v) is 3.51. The van der Waals surface area contributed by atoms with Crippen molar-refractivity contribution in [2.75, 3.05) is 33.7 Å². The highest BCUT2D eigenvalue weighted by Crippen LogP contribution is 2.21. The molecule has 1 aliphatic heterocycles. The molecule has 1 saturated heterocycles. The molecule has 1 fully saturated rings. The number of allylic oxidation sites excluding steroid dienone is 1. The van der Waals surface area contributed by atoms with Gasteiger partial charge in [-0.05, 0) is 50.9 Å². The molecule has 2 rings (SSSR count). The van der Waals surface area contributed by atoms with Crippen molar-refractivity contribution in [2.45, 2.75) is 51.4 Å². The maximum absolute atomic E-state index is 11.5. The summed E-state index contributed by atoms with van der Waals surface area (Å²) in [6, 6.07) is 0. The monoisotopic (exact) mass is 320 g/mol. The fraction of sp³-hybridized carbons (Fsp3) is 0.778. The van der Waals surface area contributed by atoms with Crippen LogP contribution in [0.15, 0.2) is 16.6 Å². The predicted molar refractivity (Wildman–Crippen MR) is 95.5 cm³/mol. The number of nitrogens with one attached hydrogen (secondary N) is 2. The number of nitrogens with zero attached hydrogens (tertiary/aromatic N) is 2. The van der Waals surface area contributed by atoms with E-state index in [2.05, 4.69) is 26.6 Å². The van der Waals surface area contributed by atoms with E-state index < -0.39 is 0 Å². The van der Waals surface area contributed by atoms with Crippen LogP contribution in [0.2, 0.25) is 0 Å². The summed E-state index contributed by atoms with van der Waals surface area (Å²) in [5, 5.41) is 6.23. The lowest BCUT2D eigenvalue weighted by atomic mass is 9.93. The Morgan fingerprint density at radius 1 is 1.35 bits per heavy atom. The molecule has 0 aromatic rings. The fourth-order valence-electron chi connectivity index (χ4n) is 3.51. The van der Waals surface area contributed by atoms with Gasteiger partial charge in [-0.25, -0.2) is 0 Å². The van der Waals surface area contributed by atoms with E-state index in [9.17, 15) is 4.79 Å². The third kappa shape index (κ3) is 5.88. The molecule has 5 nitrogen and oxygen atoms in total. The minimum Gasteiger partial charge on any atom is -0.359 e. The number of carbonyl (C=O) groups excluding carboxylic acids is 1. The van der Waals surface area contributed by atoms with Crippen molar-refractivity contribution < 1.29 is 4.79 Å². The SMILES string of the molecule is CN=C(NCCC1=CCCCC1)N1CCC(CC(=O)NC)CC1. The summed E-state index contributed by atoms with van der Waals surface area (Å²) in [5.74, 6) is 1.68. The molecule has 2 N–H and O–H groups in total. The van der Waals surface area contributed by atoms with Crippen LogP contribution in [0.1, 0.15) is 51.4 Å². The van der Waals surface area contributed by atoms with Crippen molar-refractivity contribution in [3.63, 3.8) is 0 Å². The molecule has 0 atom stereocenters. The Morgan fingerprint density at radius 3 is 2.74 bits per heavy atom. The van der Waals surface area contributed by atoms with Crippen LogP contribution >= 0.6 is 0 Å². The lowest BCUT2D eigenvalue weighted by Gasteiger charge is -2.34. The molecule has 0 bridgehead atoms. The largest absolute Gasteiger partial charge is 0.359 e. The summed E-state index contributed by atoms with van der Waals surface area (Å²) in [7, 11) is 3.57. The lowest BCUT2D eigenvalue weighted by molar-refractivity contribution is -0.121. The van der Waals surface area contributed by atoms with E-state index in [4.69, 9.17) is 0 Å². The Balaban J connectivity index is 1.70. The number of carbonyl (C=O) groups is 1. The summed E-state index contributed by atoms with van der Waals surface area (Å²) in [6.45, 7) is 2.95. The first-order chi connectivity index (χ1) is 11.2. The average molecular weight is 320 g/mol. The highest BCUT2D eigenvalue weighted by atomic mass is 16.1. The number of likely N-dealkylation sites (tertiary alicyclic amines) is 1. The van der Waals surface area contributed by atoms with Crippen LogP contribution < -0.4 is 10.6 Å². The molecular formula is C18H32N4O. The molecule has 0 aromatic carbocycles. The average Bonchev–Trinajstić information content (AvgIpc) is 2.60.